The Kier molecular flexibility index (Phi) is 5.76. The molecule has 0 aromatic heterocycles. The molecule has 0 heterocycles. The molecule has 4 nitrogen and oxygen atoms in total. The van der Waals surface area contributed by atoms with Gasteiger partial charge in [0.1, 0.15) is 0 Å². The summed E-state index contributed by atoms with van der Waals surface area (Å²) in [7, 11) is 1.41. The molecule has 1 aromatic rings. The van der Waals surface area contributed by atoms with Gasteiger partial charge in [-0.3, -0.25) is 4.79 Å². The van der Waals surface area contributed by atoms with E-state index in [-0.39, 0.29) is 24.1 Å². The molecule has 106 valence electrons. The Hall–Kier alpha value is -1.62. The zero-order valence-electron chi connectivity index (χ0n) is 11.6. The van der Waals surface area contributed by atoms with E-state index in [4.69, 9.17) is 10.5 Å². The van der Waals surface area contributed by atoms with Gasteiger partial charge in [0.25, 0.3) is 0 Å². The molecule has 0 radical (unpaired) electrons. The van der Waals surface area contributed by atoms with Crippen molar-refractivity contribution in [1.29, 1.82) is 0 Å². The molecule has 19 heavy (non-hydrogen) atoms. The zero-order valence-corrected chi connectivity index (χ0v) is 11.6. The first-order chi connectivity index (χ1) is 8.99. The van der Waals surface area contributed by atoms with E-state index in [1.807, 2.05) is 13.8 Å². The molecule has 0 spiro atoms. The van der Waals surface area contributed by atoms with E-state index in [2.05, 4.69) is 5.32 Å². The molecule has 0 fully saturated rings. The summed E-state index contributed by atoms with van der Waals surface area (Å²) in [4.78, 5) is 11.8. The number of hydrogen-bond donors (Lipinski definition) is 2. The minimum absolute atomic E-state index is 0.118. The number of nitrogens with one attached hydrogen (secondary N) is 1. The molecule has 0 saturated heterocycles. The van der Waals surface area contributed by atoms with Crippen LogP contribution in [0.15, 0.2) is 18.2 Å². The molecule has 0 aliphatic rings. The fourth-order valence-corrected chi connectivity index (χ4v) is 1.64. The molecule has 2 atom stereocenters. The van der Waals surface area contributed by atoms with Gasteiger partial charge in [0.05, 0.1) is 13.2 Å². The normalized spacial score (nSPS) is 13.7. The first kappa shape index (κ1) is 15.4. The Balaban J connectivity index is 2.57. The van der Waals surface area contributed by atoms with Gasteiger partial charge in [0, 0.05) is 6.54 Å². The van der Waals surface area contributed by atoms with Crippen LogP contribution in [0.3, 0.4) is 0 Å². The van der Waals surface area contributed by atoms with Crippen LogP contribution in [-0.4, -0.2) is 19.1 Å². The molecule has 1 aromatic carbocycles. The first-order valence-corrected chi connectivity index (χ1v) is 6.35. The summed E-state index contributed by atoms with van der Waals surface area (Å²) in [5.41, 5.74) is 6.47. The second-order valence-corrected chi connectivity index (χ2v) is 4.60. The second-order valence-electron chi connectivity index (χ2n) is 4.60. The minimum Gasteiger partial charge on any atom is -0.494 e. The Morgan fingerprint density at radius 1 is 1.53 bits per heavy atom. The van der Waals surface area contributed by atoms with Crippen LogP contribution in [0.5, 0.6) is 5.75 Å². The van der Waals surface area contributed by atoms with Crippen molar-refractivity contribution in [3.63, 3.8) is 0 Å². The number of benzene rings is 1. The highest BCUT2D eigenvalue weighted by atomic mass is 19.1. The average molecular weight is 268 g/mol. The highest BCUT2D eigenvalue weighted by Gasteiger charge is 2.18. The molecule has 1 rings (SSSR count). The largest absolute Gasteiger partial charge is 0.494 e. The van der Waals surface area contributed by atoms with E-state index in [0.29, 0.717) is 5.56 Å². The van der Waals surface area contributed by atoms with Crippen LogP contribution in [0.25, 0.3) is 0 Å². The number of hydrogen-bond acceptors (Lipinski definition) is 3. The predicted molar refractivity (Wildman–Crippen MR) is 72.2 cm³/mol. The number of amides is 1. The summed E-state index contributed by atoms with van der Waals surface area (Å²) in [6, 6.07) is 4.05. The number of methoxy groups -OCH3 is 1. The summed E-state index contributed by atoms with van der Waals surface area (Å²) < 4.78 is 18.3. The fourth-order valence-electron chi connectivity index (χ4n) is 1.64. The lowest BCUT2D eigenvalue weighted by molar-refractivity contribution is -0.123. The van der Waals surface area contributed by atoms with Crippen molar-refractivity contribution in [3.8, 4) is 5.75 Å². The molecule has 5 heteroatoms. The minimum atomic E-state index is -0.534. The van der Waals surface area contributed by atoms with Gasteiger partial charge >= 0.3 is 0 Å². The Morgan fingerprint density at radius 3 is 2.74 bits per heavy atom. The summed E-state index contributed by atoms with van der Waals surface area (Å²) in [6.45, 7) is 4.16. The number of carbonyl (C=O) groups excluding carboxylic acids is 1. The monoisotopic (exact) mass is 268 g/mol. The molecule has 3 N–H and O–H groups in total. The maximum absolute atomic E-state index is 13.5. The molecule has 0 aliphatic heterocycles. The van der Waals surface area contributed by atoms with Crippen molar-refractivity contribution in [2.24, 2.45) is 11.7 Å². The lowest BCUT2D eigenvalue weighted by atomic mass is 9.99. The highest BCUT2D eigenvalue weighted by molar-refractivity contribution is 5.81. The molecule has 1 amide bonds. The van der Waals surface area contributed by atoms with Crippen LogP contribution < -0.4 is 15.8 Å². The fraction of sp³-hybridized carbons (Fsp3) is 0.500. The van der Waals surface area contributed by atoms with Crippen molar-refractivity contribution >= 4 is 5.91 Å². The van der Waals surface area contributed by atoms with Crippen molar-refractivity contribution in [3.05, 3.63) is 29.6 Å². The maximum Gasteiger partial charge on any atom is 0.237 e. The Labute approximate surface area is 113 Å². The molecular weight excluding hydrogens is 247 g/mol. The van der Waals surface area contributed by atoms with Gasteiger partial charge in [-0.1, -0.05) is 26.3 Å². The van der Waals surface area contributed by atoms with Gasteiger partial charge in [-0.05, 0) is 23.6 Å². The third-order valence-corrected chi connectivity index (χ3v) is 3.24. The van der Waals surface area contributed by atoms with E-state index >= 15 is 0 Å². The van der Waals surface area contributed by atoms with Crippen molar-refractivity contribution in [1.82, 2.24) is 5.32 Å². The Bertz CT molecular complexity index is 437. The summed E-state index contributed by atoms with van der Waals surface area (Å²) in [5.74, 6) is -0.356. The number of halogens is 1. The maximum atomic E-state index is 13.5. The van der Waals surface area contributed by atoms with Crippen LogP contribution in [0.1, 0.15) is 25.8 Å². The molecular formula is C14H21FN2O2. The van der Waals surface area contributed by atoms with Gasteiger partial charge in [-0.25, -0.2) is 4.39 Å². The number of rotatable bonds is 6. The highest BCUT2D eigenvalue weighted by Crippen LogP contribution is 2.17. The SMILES string of the molecule is CCC(C)C(N)C(=O)NCc1ccc(OC)c(F)c1. The number of ether oxygens (including phenoxy) is 1. The molecule has 2 unspecified atom stereocenters. The topological polar surface area (TPSA) is 64.4 Å². The summed E-state index contributed by atoms with van der Waals surface area (Å²) in [5, 5.41) is 2.71. The van der Waals surface area contributed by atoms with Crippen molar-refractivity contribution in [2.45, 2.75) is 32.9 Å². The zero-order chi connectivity index (χ0) is 14.4. The van der Waals surface area contributed by atoms with Gasteiger partial charge in [-0.15, -0.1) is 0 Å². The predicted octanol–water partition coefficient (Wildman–Crippen LogP) is 1.82. The van der Waals surface area contributed by atoms with Crippen LogP contribution in [0.2, 0.25) is 0 Å². The average Bonchev–Trinajstić information content (AvgIpc) is 2.43. The molecule has 0 saturated carbocycles. The van der Waals surface area contributed by atoms with Crippen LogP contribution >= 0.6 is 0 Å². The third-order valence-electron chi connectivity index (χ3n) is 3.24. The second kappa shape index (κ2) is 7.09. The van der Waals surface area contributed by atoms with Gasteiger partial charge < -0.3 is 15.8 Å². The van der Waals surface area contributed by atoms with Crippen LogP contribution in [0.4, 0.5) is 4.39 Å². The van der Waals surface area contributed by atoms with Crippen LogP contribution in [-0.2, 0) is 11.3 Å². The third kappa shape index (κ3) is 4.21. The summed E-state index contributed by atoms with van der Waals surface area (Å²) >= 11 is 0. The van der Waals surface area contributed by atoms with E-state index in [1.165, 1.54) is 19.2 Å². The van der Waals surface area contributed by atoms with E-state index in [0.717, 1.165) is 6.42 Å². The first-order valence-electron chi connectivity index (χ1n) is 6.35. The quantitative estimate of drug-likeness (QED) is 0.827. The lowest BCUT2D eigenvalue weighted by Gasteiger charge is -2.17. The standard InChI is InChI=1S/C14H21FN2O2/c1-4-9(2)13(16)14(18)17-8-10-5-6-12(19-3)11(15)7-10/h5-7,9,13H,4,8,16H2,1-3H3,(H,17,18). The van der Waals surface area contributed by atoms with Gasteiger partial charge in [-0.2, -0.15) is 0 Å². The molecule has 0 bridgehead atoms. The number of carbonyl (C=O) groups is 1. The van der Waals surface area contributed by atoms with E-state index in [1.54, 1.807) is 6.07 Å². The van der Waals surface area contributed by atoms with E-state index in [9.17, 15) is 9.18 Å². The molecule has 0 aliphatic carbocycles. The smallest absolute Gasteiger partial charge is 0.237 e. The van der Waals surface area contributed by atoms with Crippen LogP contribution in [0, 0.1) is 11.7 Å². The summed E-state index contributed by atoms with van der Waals surface area (Å²) in [6.07, 6.45) is 0.839. The van der Waals surface area contributed by atoms with Gasteiger partial charge in [0.2, 0.25) is 5.91 Å². The lowest BCUT2D eigenvalue weighted by Crippen LogP contribution is -2.44. The van der Waals surface area contributed by atoms with Gasteiger partial charge in [0.15, 0.2) is 11.6 Å². The van der Waals surface area contributed by atoms with Crippen molar-refractivity contribution < 1.29 is 13.9 Å². The van der Waals surface area contributed by atoms with E-state index < -0.39 is 11.9 Å². The Morgan fingerprint density at radius 2 is 2.21 bits per heavy atom. The van der Waals surface area contributed by atoms with Crippen molar-refractivity contribution in [2.75, 3.05) is 7.11 Å². The number of nitrogens with two attached hydrogens (primary N) is 1.